The number of fused-ring (bicyclic) bond motifs is 1. The Balaban J connectivity index is 1.92. The van der Waals surface area contributed by atoms with Crippen molar-refractivity contribution in [3.63, 3.8) is 0 Å². The normalized spacial score (nSPS) is 13.4. The van der Waals surface area contributed by atoms with Crippen LogP contribution in [-0.4, -0.2) is 48.5 Å². The van der Waals surface area contributed by atoms with Crippen LogP contribution >= 0.6 is 11.6 Å². The third kappa shape index (κ3) is 4.55. The van der Waals surface area contributed by atoms with Crippen LogP contribution < -0.4 is 10.1 Å². The Labute approximate surface area is 217 Å². The molecular formula is C25H28ClF3N6O2. The first-order chi connectivity index (χ1) is 17.3. The van der Waals surface area contributed by atoms with E-state index >= 15 is 0 Å². The summed E-state index contributed by atoms with van der Waals surface area (Å²) in [7, 11) is 4.99. The maximum absolute atomic E-state index is 13.1. The summed E-state index contributed by atoms with van der Waals surface area (Å²) < 4.78 is 48.1. The van der Waals surface area contributed by atoms with Crippen molar-refractivity contribution in [2.75, 3.05) is 7.11 Å². The molecule has 12 heteroatoms. The highest BCUT2D eigenvalue weighted by atomic mass is 35.5. The van der Waals surface area contributed by atoms with Crippen molar-refractivity contribution < 1.29 is 23.0 Å². The molecule has 0 saturated carbocycles. The molecule has 1 aromatic carbocycles. The number of methoxy groups -OCH3 is 1. The van der Waals surface area contributed by atoms with Gasteiger partial charge >= 0.3 is 6.18 Å². The summed E-state index contributed by atoms with van der Waals surface area (Å²) in [5.74, 6) is 1.52. The standard InChI is InChI=1S/C25H28ClF3N6O2/c1-13(25(27,28)29)30-10-18-22(26)17-9-16(7-8-19(17)33-23(18)37-6)24(36,20-11-31-14(2)34(20)4)21-12-32-15(3)35(21)5/h7-9,11-13,30,36H,10H2,1-6H3. The second kappa shape index (κ2) is 9.62. The van der Waals surface area contributed by atoms with Gasteiger partial charge in [-0.1, -0.05) is 17.7 Å². The Morgan fingerprint density at radius 3 is 2.11 bits per heavy atom. The van der Waals surface area contributed by atoms with Crippen LogP contribution in [0.2, 0.25) is 5.02 Å². The Hall–Kier alpha value is -3.15. The van der Waals surface area contributed by atoms with E-state index in [1.54, 1.807) is 53.8 Å². The number of alkyl halides is 3. The van der Waals surface area contributed by atoms with Crippen molar-refractivity contribution in [1.29, 1.82) is 0 Å². The maximum Gasteiger partial charge on any atom is 0.403 e. The number of imidazole rings is 2. The number of halogens is 4. The summed E-state index contributed by atoms with van der Waals surface area (Å²) in [6.45, 7) is 4.46. The minimum absolute atomic E-state index is 0.118. The molecule has 37 heavy (non-hydrogen) atoms. The lowest BCUT2D eigenvalue weighted by atomic mass is 9.86. The predicted molar refractivity (Wildman–Crippen MR) is 134 cm³/mol. The van der Waals surface area contributed by atoms with E-state index < -0.39 is 17.8 Å². The first-order valence-corrected chi connectivity index (χ1v) is 11.8. The topological polar surface area (TPSA) is 90.0 Å². The van der Waals surface area contributed by atoms with Gasteiger partial charge in [-0.25, -0.2) is 15.0 Å². The van der Waals surface area contributed by atoms with Gasteiger partial charge in [0, 0.05) is 31.6 Å². The number of pyridine rings is 1. The molecule has 0 saturated heterocycles. The Morgan fingerprint density at radius 1 is 1.08 bits per heavy atom. The van der Waals surface area contributed by atoms with Gasteiger partial charge in [0.2, 0.25) is 5.88 Å². The molecule has 1 atom stereocenters. The highest BCUT2D eigenvalue weighted by Crippen LogP contribution is 2.40. The third-order valence-electron chi connectivity index (χ3n) is 6.85. The molecule has 0 aliphatic heterocycles. The number of nitrogens with zero attached hydrogens (tertiary/aromatic N) is 5. The quantitative estimate of drug-likeness (QED) is 0.366. The van der Waals surface area contributed by atoms with E-state index in [2.05, 4.69) is 20.3 Å². The van der Waals surface area contributed by atoms with E-state index in [1.807, 2.05) is 13.8 Å². The van der Waals surface area contributed by atoms with Crippen molar-refractivity contribution in [1.82, 2.24) is 29.4 Å². The van der Waals surface area contributed by atoms with E-state index in [0.717, 1.165) is 6.92 Å². The lowest BCUT2D eigenvalue weighted by Gasteiger charge is -2.30. The van der Waals surface area contributed by atoms with Crippen molar-refractivity contribution in [3.8, 4) is 5.88 Å². The number of rotatable bonds is 7. The molecule has 0 aliphatic rings. The number of hydrogen-bond donors (Lipinski definition) is 2. The molecular weight excluding hydrogens is 509 g/mol. The number of benzene rings is 1. The third-order valence-corrected chi connectivity index (χ3v) is 7.28. The molecule has 3 aromatic heterocycles. The van der Waals surface area contributed by atoms with Gasteiger partial charge in [-0.3, -0.25) is 0 Å². The fourth-order valence-electron chi connectivity index (χ4n) is 4.26. The van der Waals surface area contributed by atoms with E-state index in [-0.39, 0.29) is 23.0 Å². The van der Waals surface area contributed by atoms with Crippen LogP contribution in [0.1, 0.15) is 41.1 Å². The van der Waals surface area contributed by atoms with Gasteiger partial charge in [0.05, 0.1) is 41.4 Å². The average molecular weight is 537 g/mol. The Kier molecular flexibility index (Phi) is 7.00. The molecule has 4 aromatic rings. The molecule has 0 aliphatic carbocycles. The number of hydrogen-bond acceptors (Lipinski definition) is 6. The monoisotopic (exact) mass is 536 g/mol. The zero-order chi connectivity index (χ0) is 27.3. The molecule has 1 unspecified atom stereocenters. The van der Waals surface area contributed by atoms with Gasteiger partial charge in [0.1, 0.15) is 17.7 Å². The summed E-state index contributed by atoms with van der Waals surface area (Å²) in [5, 5.41) is 15.4. The first-order valence-electron chi connectivity index (χ1n) is 11.5. The van der Waals surface area contributed by atoms with Crippen LogP contribution in [0, 0.1) is 13.8 Å². The van der Waals surface area contributed by atoms with Gasteiger partial charge in [0.25, 0.3) is 0 Å². The minimum Gasteiger partial charge on any atom is -0.481 e. The molecule has 0 spiro atoms. The van der Waals surface area contributed by atoms with E-state index in [4.69, 9.17) is 16.3 Å². The smallest absolute Gasteiger partial charge is 0.403 e. The molecule has 0 radical (unpaired) electrons. The molecule has 0 bridgehead atoms. The molecule has 2 N–H and O–H groups in total. The van der Waals surface area contributed by atoms with Gasteiger partial charge in [-0.05, 0) is 38.5 Å². The molecule has 8 nitrogen and oxygen atoms in total. The zero-order valence-electron chi connectivity index (χ0n) is 21.3. The Bertz CT molecular complexity index is 1420. The molecule has 0 fully saturated rings. The lowest BCUT2D eigenvalue weighted by Crippen LogP contribution is -2.39. The molecule has 3 heterocycles. The molecule has 4 rings (SSSR count). The first kappa shape index (κ1) is 26.9. The number of aromatic nitrogens is 5. The van der Waals surface area contributed by atoms with Gasteiger partial charge in [0.15, 0.2) is 5.60 Å². The lowest BCUT2D eigenvalue weighted by molar-refractivity contribution is -0.151. The van der Waals surface area contributed by atoms with Crippen LogP contribution in [0.15, 0.2) is 30.6 Å². The number of nitrogens with one attached hydrogen (secondary N) is 1. The van der Waals surface area contributed by atoms with E-state index in [0.29, 0.717) is 39.5 Å². The summed E-state index contributed by atoms with van der Waals surface area (Å²) in [6.07, 6.45) is -1.22. The van der Waals surface area contributed by atoms with E-state index in [1.165, 1.54) is 7.11 Å². The van der Waals surface area contributed by atoms with Crippen LogP contribution in [0.5, 0.6) is 5.88 Å². The summed E-state index contributed by atoms with van der Waals surface area (Å²) >= 11 is 6.75. The number of aliphatic hydroxyl groups is 1. The van der Waals surface area contributed by atoms with Crippen LogP contribution in [0.4, 0.5) is 13.2 Å². The van der Waals surface area contributed by atoms with Gasteiger partial charge in [-0.2, -0.15) is 13.2 Å². The van der Waals surface area contributed by atoms with Gasteiger partial charge in [-0.15, -0.1) is 0 Å². The van der Waals surface area contributed by atoms with Crippen molar-refractivity contribution >= 4 is 22.5 Å². The highest BCUT2D eigenvalue weighted by molar-refractivity contribution is 6.36. The second-order valence-electron chi connectivity index (χ2n) is 9.00. The fraction of sp³-hybridized carbons (Fsp3) is 0.400. The largest absolute Gasteiger partial charge is 0.481 e. The predicted octanol–water partition coefficient (Wildman–Crippen LogP) is 4.31. The van der Waals surface area contributed by atoms with Gasteiger partial charge < -0.3 is 24.3 Å². The van der Waals surface area contributed by atoms with Crippen molar-refractivity contribution in [2.24, 2.45) is 14.1 Å². The van der Waals surface area contributed by atoms with Crippen LogP contribution in [0.3, 0.4) is 0 Å². The second-order valence-corrected chi connectivity index (χ2v) is 9.38. The SMILES string of the molecule is COc1nc2ccc(C(O)(c3cnc(C)n3C)c3cnc(C)n3C)cc2c(Cl)c1CNC(C)C(F)(F)F. The average Bonchev–Trinajstić information content (AvgIpc) is 3.37. The van der Waals surface area contributed by atoms with E-state index in [9.17, 15) is 18.3 Å². The number of aryl methyl sites for hydroxylation is 2. The summed E-state index contributed by atoms with van der Waals surface area (Å²) in [5.41, 5.74) is 0.537. The molecule has 198 valence electrons. The zero-order valence-corrected chi connectivity index (χ0v) is 22.0. The number of ether oxygens (including phenoxy) is 1. The fourth-order valence-corrected chi connectivity index (χ4v) is 4.56. The van der Waals surface area contributed by atoms with Crippen molar-refractivity contribution in [2.45, 2.75) is 45.1 Å². The van der Waals surface area contributed by atoms with Crippen molar-refractivity contribution in [3.05, 3.63) is 69.8 Å². The summed E-state index contributed by atoms with van der Waals surface area (Å²) in [6, 6.07) is 3.33. The van der Waals surface area contributed by atoms with Crippen LogP contribution in [0.25, 0.3) is 10.9 Å². The summed E-state index contributed by atoms with van der Waals surface area (Å²) in [4.78, 5) is 13.2. The molecule has 0 amide bonds. The highest BCUT2D eigenvalue weighted by Gasteiger charge is 2.40. The van der Waals surface area contributed by atoms with Crippen LogP contribution in [-0.2, 0) is 26.2 Å². The Morgan fingerprint density at radius 2 is 1.65 bits per heavy atom. The minimum atomic E-state index is -4.42. The maximum atomic E-state index is 13.1.